The molecule has 13 heavy (non-hydrogen) atoms. The Morgan fingerprint density at radius 2 is 2.00 bits per heavy atom. The summed E-state index contributed by atoms with van der Waals surface area (Å²) < 4.78 is 0. The Hall–Kier alpha value is -1.31. The van der Waals surface area contributed by atoms with Crippen LogP contribution in [0.15, 0.2) is 29.4 Å². The van der Waals surface area contributed by atoms with Crippen molar-refractivity contribution in [1.29, 1.82) is 0 Å². The summed E-state index contributed by atoms with van der Waals surface area (Å²) in [6, 6.07) is 8.08. The molecule has 0 atom stereocenters. The van der Waals surface area contributed by atoms with Gasteiger partial charge in [-0.2, -0.15) is 0 Å². The van der Waals surface area contributed by atoms with Crippen LogP contribution in [0.25, 0.3) is 0 Å². The Morgan fingerprint density at radius 1 is 1.31 bits per heavy atom. The van der Waals surface area contributed by atoms with Crippen molar-refractivity contribution in [3.8, 4) is 0 Å². The minimum absolute atomic E-state index is 0.933. The van der Waals surface area contributed by atoms with Crippen LogP contribution >= 0.6 is 0 Å². The van der Waals surface area contributed by atoms with E-state index in [1.165, 1.54) is 24.6 Å². The number of hydrogen-bond donors (Lipinski definition) is 1. The number of rotatable bonds is 4. The highest BCUT2D eigenvalue weighted by molar-refractivity contribution is 5.78. The molecule has 0 aliphatic carbocycles. The van der Waals surface area contributed by atoms with Gasteiger partial charge in [0, 0.05) is 0 Å². The number of unbranched alkanes of at least 4 members (excludes halogenated alkanes) is 1. The largest absolute Gasteiger partial charge is 0.411 e. The zero-order chi connectivity index (χ0) is 9.52. The molecule has 0 aliphatic rings. The van der Waals surface area contributed by atoms with Crippen LogP contribution in [0.3, 0.4) is 0 Å². The van der Waals surface area contributed by atoms with Gasteiger partial charge in [-0.15, -0.1) is 0 Å². The van der Waals surface area contributed by atoms with E-state index in [0.717, 1.165) is 12.0 Å². The van der Waals surface area contributed by atoms with Gasteiger partial charge in [0.1, 0.15) is 0 Å². The summed E-state index contributed by atoms with van der Waals surface area (Å²) in [5.41, 5.74) is 2.28. The van der Waals surface area contributed by atoms with Gasteiger partial charge in [-0.3, -0.25) is 0 Å². The molecule has 0 aromatic heterocycles. The SMILES string of the molecule is CCCCc1ccc(C=NO)cc1. The standard InChI is InChI=1S/C11H15NO/c1-2-3-4-10-5-7-11(8-6-10)9-12-13/h5-9,13H,2-4H2,1H3. The molecule has 0 amide bonds. The first-order chi connectivity index (χ1) is 6.36. The Morgan fingerprint density at radius 3 is 2.54 bits per heavy atom. The quantitative estimate of drug-likeness (QED) is 0.428. The average molecular weight is 177 g/mol. The minimum Gasteiger partial charge on any atom is -0.411 e. The van der Waals surface area contributed by atoms with Gasteiger partial charge in [-0.05, 0) is 24.0 Å². The number of hydrogen-bond acceptors (Lipinski definition) is 2. The average Bonchev–Trinajstić information content (AvgIpc) is 2.17. The zero-order valence-corrected chi connectivity index (χ0v) is 7.90. The van der Waals surface area contributed by atoms with Gasteiger partial charge in [-0.1, -0.05) is 42.8 Å². The smallest absolute Gasteiger partial charge is 0.0733 e. The normalized spacial score (nSPS) is 10.8. The Kier molecular flexibility index (Phi) is 4.03. The van der Waals surface area contributed by atoms with Gasteiger partial charge in [0.25, 0.3) is 0 Å². The first-order valence-corrected chi connectivity index (χ1v) is 4.63. The third-order valence-corrected chi connectivity index (χ3v) is 2.01. The molecule has 0 heterocycles. The highest BCUT2D eigenvalue weighted by Gasteiger charge is 1.92. The lowest BCUT2D eigenvalue weighted by molar-refractivity contribution is 0.322. The summed E-state index contributed by atoms with van der Waals surface area (Å²) in [6.07, 6.45) is 5.02. The molecule has 0 unspecified atom stereocenters. The van der Waals surface area contributed by atoms with E-state index < -0.39 is 0 Å². The number of oxime groups is 1. The molecular weight excluding hydrogens is 162 g/mol. The number of benzene rings is 1. The van der Waals surface area contributed by atoms with Crippen LogP contribution in [0.2, 0.25) is 0 Å². The van der Waals surface area contributed by atoms with Crippen LogP contribution in [-0.4, -0.2) is 11.4 Å². The van der Waals surface area contributed by atoms with Crippen LogP contribution in [0, 0.1) is 0 Å². The van der Waals surface area contributed by atoms with Gasteiger partial charge < -0.3 is 5.21 Å². The minimum atomic E-state index is 0.933. The fourth-order valence-electron chi connectivity index (χ4n) is 1.22. The molecule has 1 aromatic carbocycles. The molecule has 0 bridgehead atoms. The van der Waals surface area contributed by atoms with Crippen molar-refractivity contribution < 1.29 is 5.21 Å². The predicted octanol–water partition coefficient (Wildman–Crippen LogP) is 2.84. The topological polar surface area (TPSA) is 32.6 Å². The highest BCUT2D eigenvalue weighted by Crippen LogP contribution is 2.06. The molecule has 2 heteroatoms. The molecule has 2 nitrogen and oxygen atoms in total. The van der Waals surface area contributed by atoms with E-state index in [0.29, 0.717) is 0 Å². The lowest BCUT2D eigenvalue weighted by Gasteiger charge is -1.99. The fourth-order valence-corrected chi connectivity index (χ4v) is 1.22. The van der Waals surface area contributed by atoms with E-state index in [1.54, 1.807) is 0 Å². The molecule has 0 aliphatic heterocycles. The van der Waals surface area contributed by atoms with Crippen LogP contribution in [-0.2, 0) is 6.42 Å². The summed E-state index contributed by atoms with van der Waals surface area (Å²) in [6.45, 7) is 2.19. The molecule has 0 radical (unpaired) electrons. The molecule has 1 rings (SSSR count). The van der Waals surface area contributed by atoms with Crippen molar-refractivity contribution in [2.75, 3.05) is 0 Å². The van der Waals surface area contributed by atoms with E-state index >= 15 is 0 Å². The first kappa shape index (κ1) is 9.78. The Balaban J connectivity index is 2.58. The summed E-state index contributed by atoms with van der Waals surface area (Å²) in [4.78, 5) is 0. The van der Waals surface area contributed by atoms with E-state index in [1.807, 2.05) is 12.1 Å². The Bertz CT molecular complexity index is 264. The molecule has 1 N–H and O–H groups in total. The third kappa shape index (κ3) is 3.28. The molecular formula is C11H15NO. The van der Waals surface area contributed by atoms with Crippen molar-refractivity contribution >= 4 is 6.21 Å². The maximum Gasteiger partial charge on any atom is 0.0733 e. The molecule has 0 spiro atoms. The lowest BCUT2D eigenvalue weighted by Crippen LogP contribution is -1.86. The van der Waals surface area contributed by atoms with Crippen LogP contribution in [0.4, 0.5) is 0 Å². The second kappa shape index (κ2) is 5.36. The molecule has 70 valence electrons. The first-order valence-electron chi connectivity index (χ1n) is 4.63. The summed E-state index contributed by atoms with van der Waals surface area (Å²) in [5.74, 6) is 0. The van der Waals surface area contributed by atoms with Crippen molar-refractivity contribution in [1.82, 2.24) is 0 Å². The van der Waals surface area contributed by atoms with Gasteiger partial charge in [0.2, 0.25) is 0 Å². The molecule has 0 saturated heterocycles. The maximum atomic E-state index is 8.30. The van der Waals surface area contributed by atoms with Crippen molar-refractivity contribution in [3.63, 3.8) is 0 Å². The van der Waals surface area contributed by atoms with Crippen LogP contribution in [0.1, 0.15) is 30.9 Å². The van der Waals surface area contributed by atoms with Crippen molar-refractivity contribution in [2.24, 2.45) is 5.16 Å². The van der Waals surface area contributed by atoms with Gasteiger partial charge >= 0.3 is 0 Å². The lowest BCUT2D eigenvalue weighted by atomic mass is 10.1. The Labute approximate surface area is 78.9 Å². The zero-order valence-electron chi connectivity index (χ0n) is 7.90. The number of aryl methyl sites for hydroxylation is 1. The van der Waals surface area contributed by atoms with E-state index in [-0.39, 0.29) is 0 Å². The van der Waals surface area contributed by atoms with Crippen molar-refractivity contribution in [3.05, 3.63) is 35.4 Å². The second-order valence-electron chi connectivity index (χ2n) is 3.09. The maximum absolute atomic E-state index is 8.30. The van der Waals surface area contributed by atoms with Crippen LogP contribution in [0.5, 0.6) is 0 Å². The third-order valence-electron chi connectivity index (χ3n) is 2.01. The van der Waals surface area contributed by atoms with E-state index in [9.17, 15) is 0 Å². The molecule has 0 saturated carbocycles. The fraction of sp³-hybridized carbons (Fsp3) is 0.364. The summed E-state index contributed by atoms with van der Waals surface area (Å²) >= 11 is 0. The summed E-state index contributed by atoms with van der Waals surface area (Å²) in [7, 11) is 0. The van der Waals surface area contributed by atoms with Gasteiger partial charge in [0.15, 0.2) is 0 Å². The predicted molar refractivity (Wildman–Crippen MR) is 54.4 cm³/mol. The second-order valence-corrected chi connectivity index (χ2v) is 3.09. The summed E-state index contributed by atoms with van der Waals surface area (Å²) in [5, 5.41) is 11.3. The molecule has 0 fully saturated rings. The van der Waals surface area contributed by atoms with E-state index in [2.05, 4.69) is 24.2 Å². The van der Waals surface area contributed by atoms with Gasteiger partial charge in [0.05, 0.1) is 6.21 Å². The monoisotopic (exact) mass is 177 g/mol. The molecule has 1 aromatic rings. The van der Waals surface area contributed by atoms with Gasteiger partial charge in [-0.25, -0.2) is 0 Å². The van der Waals surface area contributed by atoms with Crippen molar-refractivity contribution in [2.45, 2.75) is 26.2 Å². The van der Waals surface area contributed by atoms with E-state index in [4.69, 9.17) is 5.21 Å². The number of nitrogens with zero attached hydrogens (tertiary/aromatic N) is 1. The van der Waals surface area contributed by atoms with Crippen LogP contribution < -0.4 is 0 Å². The highest BCUT2D eigenvalue weighted by atomic mass is 16.4.